The predicted molar refractivity (Wildman–Crippen MR) is 115 cm³/mol. The highest BCUT2D eigenvalue weighted by molar-refractivity contribution is 7.20. The summed E-state index contributed by atoms with van der Waals surface area (Å²) in [4.78, 5) is 33.5. The number of aromatic nitrogens is 1. The van der Waals surface area contributed by atoms with E-state index in [0.29, 0.717) is 30.9 Å². The maximum atomic E-state index is 12.9. The molecule has 2 atom stereocenters. The number of fused-ring (bicyclic) bond motifs is 1. The van der Waals surface area contributed by atoms with Crippen LogP contribution in [0.5, 0.6) is 0 Å². The van der Waals surface area contributed by atoms with Crippen LogP contribution in [-0.2, 0) is 4.79 Å². The molecule has 0 radical (unpaired) electrons. The highest BCUT2D eigenvalue weighted by atomic mass is 32.1. The van der Waals surface area contributed by atoms with E-state index in [1.54, 1.807) is 11.3 Å². The third-order valence-corrected chi connectivity index (χ3v) is 7.81. The molecule has 2 fully saturated rings. The van der Waals surface area contributed by atoms with Crippen molar-refractivity contribution in [1.29, 1.82) is 0 Å². The molecule has 0 aliphatic carbocycles. The van der Waals surface area contributed by atoms with Gasteiger partial charge in [-0.15, -0.1) is 22.7 Å². The average Bonchev–Trinajstić information content (AvgIpc) is 3.52. The van der Waals surface area contributed by atoms with Crippen molar-refractivity contribution < 1.29 is 9.59 Å². The van der Waals surface area contributed by atoms with Gasteiger partial charge in [0.05, 0.1) is 16.3 Å². The molecule has 6 nitrogen and oxygen atoms in total. The van der Waals surface area contributed by atoms with Gasteiger partial charge in [0.1, 0.15) is 6.04 Å². The summed E-state index contributed by atoms with van der Waals surface area (Å²) in [6.45, 7) is 1.25. The molecule has 1 amide bonds. The third kappa shape index (κ3) is 3.73. The molecule has 8 heteroatoms. The summed E-state index contributed by atoms with van der Waals surface area (Å²) in [5.74, 6) is 0.201. The van der Waals surface area contributed by atoms with E-state index in [1.165, 1.54) is 16.2 Å². The topological polar surface area (TPSA) is 74.3 Å². The maximum Gasteiger partial charge on any atom is 0.241 e. The van der Waals surface area contributed by atoms with Crippen molar-refractivity contribution >= 4 is 44.6 Å². The minimum Gasteiger partial charge on any atom is -0.341 e. The number of thiophene rings is 1. The quantitative estimate of drug-likeness (QED) is 0.626. The van der Waals surface area contributed by atoms with Gasteiger partial charge in [0.2, 0.25) is 5.91 Å². The number of ketones is 1. The van der Waals surface area contributed by atoms with Crippen molar-refractivity contribution in [3.8, 4) is 0 Å². The van der Waals surface area contributed by atoms with E-state index in [2.05, 4.69) is 27.3 Å². The Morgan fingerprint density at radius 3 is 2.66 bits per heavy atom. The molecule has 2 aromatic heterocycles. The molecule has 2 aliphatic rings. The Kier molecular flexibility index (Phi) is 5.17. The number of carbonyl (C=O) groups is 2. The number of thiazole rings is 1. The number of Topliss-reactive ketones (excluding diaryl/α,β-unsaturated/α-hetero) is 1. The average molecular weight is 427 g/mol. The molecule has 29 heavy (non-hydrogen) atoms. The van der Waals surface area contributed by atoms with Crippen molar-refractivity contribution in [2.45, 2.75) is 31.3 Å². The lowest BCUT2D eigenvalue weighted by Crippen LogP contribution is -2.49. The Morgan fingerprint density at radius 2 is 1.90 bits per heavy atom. The van der Waals surface area contributed by atoms with Crippen LogP contribution in [0.1, 0.15) is 40.0 Å². The first-order valence-corrected chi connectivity index (χ1v) is 11.6. The summed E-state index contributed by atoms with van der Waals surface area (Å²) in [6.07, 6.45) is 2.16. The van der Waals surface area contributed by atoms with E-state index in [1.807, 2.05) is 35.2 Å². The van der Waals surface area contributed by atoms with Crippen LogP contribution in [0.2, 0.25) is 0 Å². The summed E-state index contributed by atoms with van der Waals surface area (Å²) in [6, 6.07) is 11.9. The largest absolute Gasteiger partial charge is 0.341 e. The molecule has 2 aliphatic heterocycles. The van der Waals surface area contributed by atoms with E-state index >= 15 is 0 Å². The van der Waals surface area contributed by atoms with Crippen LogP contribution in [-0.4, -0.2) is 40.7 Å². The van der Waals surface area contributed by atoms with Crippen LogP contribution in [0.15, 0.2) is 41.8 Å². The van der Waals surface area contributed by atoms with Crippen molar-refractivity contribution in [2.24, 2.45) is 5.92 Å². The number of rotatable bonds is 4. The predicted octanol–water partition coefficient (Wildman–Crippen LogP) is 3.39. The molecule has 0 spiro atoms. The molecule has 0 saturated carbocycles. The molecular weight excluding hydrogens is 404 g/mol. The number of piperidine rings is 1. The first kappa shape index (κ1) is 18.9. The standard InChI is InChI=1S/C21H22N4O2S2/c26-19(20-22-14-4-1-2-5-18(14)29-20)13-7-9-25(10-8-13)21(27)16-12-15(23-24-16)17-6-3-11-28-17/h1-6,11,13,15-16,23-24H,7-10,12H2. The lowest BCUT2D eigenvalue weighted by molar-refractivity contribution is -0.134. The molecule has 2 unspecified atom stereocenters. The SMILES string of the molecule is O=C(c1nc2ccccc2s1)C1CCN(C(=O)C2CC(c3cccs3)NN2)CC1. The fourth-order valence-electron chi connectivity index (χ4n) is 4.13. The van der Waals surface area contributed by atoms with Crippen LogP contribution in [0.25, 0.3) is 10.2 Å². The fourth-order valence-corrected chi connectivity index (χ4v) is 5.90. The van der Waals surface area contributed by atoms with Crippen molar-refractivity contribution in [3.05, 3.63) is 51.7 Å². The van der Waals surface area contributed by atoms with E-state index in [9.17, 15) is 9.59 Å². The second kappa shape index (κ2) is 7.95. The minimum absolute atomic E-state index is 0.0480. The summed E-state index contributed by atoms with van der Waals surface area (Å²) in [5.41, 5.74) is 7.28. The molecule has 0 bridgehead atoms. The van der Waals surface area contributed by atoms with Gasteiger partial charge in [0, 0.05) is 23.9 Å². The number of likely N-dealkylation sites (tertiary alicyclic amines) is 1. The van der Waals surface area contributed by atoms with Crippen LogP contribution < -0.4 is 10.9 Å². The van der Waals surface area contributed by atoms with Gasteiger partial charge in [0.15, 0.2) is 10.8 Å². The van der Waals surface area contributed by atoms with Crippen LogP contribution >= 0.6 is 22.7 Å². The fraction of sp³-hybridized carbons (Fsp3) is 0.381. The number of hydrogen-bond donors (Lipinski definition) is 2. The Bertz CT molecular complexity index is 991. The monoisotopic (exact) mass is 426 g/mol. The van der Waals surface area contributed by atoms with Gasteiger partial charge in [-0.2, -0.15) is 0 Å². The third-order valence-electron chi connectivity index (χ3n) is 5.77. The van der Waals surface area contributed by atoms with Crippen LogP contribution in [0, 0.1) is 5.92 Å². The summed E-state index contributed by atoms with van der Waals surface area (Å²) < 4.78 is 1.04. The number of amides is 1. The number of carbonyl (C=O) groups excluding carboxylic acids is 2. The first-order chi connectivity index (χ1) is 14.2. The van der Waals surface area contributed by atoms with Crippen LogP contribution in [0.3, 0.4) is 0 Å². The molecule has 2 N–H and O–H groups in total. The molecular formula is C21H22N4O2S2. The number of nitrogens with one attached hydrogen (secondary N) is 2. The smallest absolute Gasteiger partial charge is 0.241 e. The first-order valence-electron chi connectivity index (χ1n) is 9.92. The van der Waals surface area contributed by atoms with Gasteiger partial charge in [-0.3, -0.25) is 9.59 Å². The van der Waals surface area contributed by atoms with Gasteiger partial charge in [-0.1, -0.05) is 18.2 Å². The zero-order chi connectivity index (χ0) is 19.8. The lowest BCUT2D eigenvalue weighted by Gasteiger charge is -2.32. The summed E-state index contributed by atoms with van der Waals surface area (Å²) in [5, 5.41) is 2.65. The zero-order valence-corrected chi connectivity index (χ0v) is 17.5. The number of nitrogens with zero attached hydrogens (tertiary/aromatic N) is 2. The van der Waals surface area contributed by atoms with Gasteiger partial charge in [-0.05, 0) is 42.8 Å². The molecule has 3 aromatic rings. The highest BCUT2D eigenvalue weighted by Crippen LogP contribution is 2.30. The molecule has 5 rings (SSSR count). The minimum atomic E-state index is -0.210. The Hall–Kier alpha value is -2.13. The van der Waals surface area contributed by atoms with Crippen molar-refractivity contribution in [3.63, 3.8) is 0 Å². The van der Waals surface area contributed by atoms with Gasteiger partial charge < -0.3 is 4.90 Å². The highest BCUT2D eigenvalue weighted by Gasteiger charge is 2.36. The van der Waals surface area contributed by atoms with E-state index in [4.69, 9.17) is 0 Å². The normalized spacial score (nSPS) is 23.0. The molecule has 150 valence electrons. The van der Waals surface area contributed by atoms with E-state index < -0.39 is 0 Å². The number of hydrogen-bond acceptors (Lipinski definition) is 7. The zero-order valence-electron chi connectivity index (χ0n) is 15.8. The Labute approximate surface area is 176 Å². The molecule has 4 heterocycles. The maximum absolute atomic E-state index is 12.9. The van der Waals surface area contributed by atoms with Crippen molar-refractivity contribution in [2.75, 3.05) is 13.1 Å². The Morgan fingerprint density at radius 1 is 1.07 bits per heavy atom. The second-order valence-corrected chi connectivity index (χ2v) is 9.61. The summed E-state index contributed by atoms with van der Waals surface area (Å²) >= 11 is 3.17. The molecule has 2 saturated heterocycles. The van der Waals surface area contributed by atoms with Gasteiger partial charge >= 0.3 is 0 Å². The van der Waals surface area contributed by atoms with Gasteiger partial charge in [-0.25, -0.2) is 15.8 Å². The number of hydrazine groups is 1. The lowest BCUT2D eigenvalue weighted by atomic mass is 9.92. The summed E-state index contributed by atoms with van der Waals surface area (Å²) in [7, 11) is 0. The molecule has 1 aromatic carbocycles. The number of benzene rings is 1. The second-order valence-electron chi connectivity index (χ2n) is 7.60. The van der Waals surface area contributed by atoms with Crippen molar-refractivity contribution in [1.82, 2.24) is 20.7 Å². The number of para-hydroxylation sites is 1. The van der Waals surface area contributed by atoms with E-state index in [-0.39, 0.29) is 29.7 Å². The Balaban J connectivity index is 1.18. The van der Waals surface area contributed by atoms with Crippen LogP contribution in [0.4, 0.5) is 0 Å². The van der Waals surface area contributed by atoms with E-state index in [0.717, 1.165) is 16.6 Å². The van der Waals surface area contributed by atoms with Gasteiger partial charge in [0.25, 0.3) is 0 Å².